The summed E-state index contributed by atoms with van der Waals surface area (Å²) in [5.74, 6) is 3.89. The fourth-order valence-electron chi connectivity index (χ4n) is 3.80. The first-order valence-corrected chi connectivity index (χ1v) is 9.08. The molecule has 3 fully saturated rings. The summed E-state index contributed by atoms with van der Waals surface area (Å²) in [6.07, 6.45) is 7.90. The Labute approximate surface area is 120 Å². The molecule has 2 atom stereocenters. The van der Waals surface area contributed by atoms with Gasteiger partial charge in [-0.2, -0.15) is 11.8 Å². The minimum absolute atomic E-state index is 0.411. The summed E-state index contributed by atoms with van der Waals surface area (Å²) in [6, 6.07) is 0.584. The van der Waals surface area contributed by atoms with E-state index in [0.29, 0.717) is 17.7 Å². The van der Waals surface area contributed by atoms with Crippen molar-refractivity contribution in [2.45, 2.75) is 44.6 Å². The number of hydrogen-bond donors (Lipinski definition) is 1. The number of hydrogen-bond acceptors (Lipinski definition) is 3. The van der Waals surface area contributed by atoms with E-state index in [4.69, 9.17) is 0 Å². The van der Waals surface area contributed by atoms with Gasteiger partial charge in [0, 0.05) is 12.6 Å². The predicted octanol–water partition coefficient (Wildman–Crippen LogP) is 2.12. The van der Waals surface area contributed by atoms with Crippen LogP contribution in [-0.4, -0.2) is 48.0 Å². The van der Waals surface area contributed by atoms with Crippen molar-refractivity contribution in [3.8, 4) is 0 Å². The topological polar surface area (TPSA) is 32.3 Å². The molecule has 0 aromatic rings. The predicted molar refractivity (Wildman–Crippen MR) is 80.4 cm³/mol. The van der Waals surface area contributed by atoms with Crippen molar-refractivity contribution < 1.29 is 4.79 Å². The molecule has 2 heterocycles. The number of carbonyl (C=O) groups is 1. The number of nitrogens with zero attached hydrogens (tertiary/aromatic N) is 1. The van der Waals surface area contributed by atoms with Crippen molar-refractivity contribution in [1.82, 2.24) is 10.2 Å². The highest BCUT2D eigenvalue weighted by Gasteiger charge is 2.35. The van der Waals surface area contributed by atoms with Gasteiger partial charge in [-0.25, -0.2) is 0 Å². The molecule has 2 saturated heterocycles. The summed E-state index contributed by atoms with van der Waals surface area (Å²) in [6.45, 7) is 3.32. The van der Waals surface area contributed by atoms with Gasteiger partial charge in [-0.05, 0) is 56.4 Å². The molecule has 1 amide bonds. The van der Waals surface area contributed by atoms with E-state index >= 15 is 0 Å². The van der Waals surface area contributed by atoms with Crippen LogP contribution in [-0.2, 0) is 4.79 Å². The number of rotatable bonds is 4. The third-order valence-corrected chi connectivity index (χ3v) is 6.17. The van der Waals surface area contributed by atoms with Crippen LogP contribution in [0.25, 0.3) is 0 Å². The lowest BCUT2D eigenvalue weighted by Crippen LogP contribution is -2.50. The van der Waals surface area contributed by atoms with Crippen LogP contribution in [0.4, 0.5) is 0 Å². The van der Waals surface area contributed by atoms with Crippen LogP contribution in [0, 0.1) is 11.8 Å². The van der Waals surface area contributed by atoms with Crippen molar-refractivity contribution in [2.75, 3.05) is 31.1 Å². The Kier molecular flexibility index (Phi) is 4.69. The maximum atomic E-state index is 12.4. The van der Waals surface area contributed by atoms with Crippen LogP contribution in [0.5, 0.6) is 0 Å². The number of amides is 1. The minimum atomic E-state index is 0.411. The molecule has 1 saturated carbocycles. The second-order valence-corrected chi connectivity index (χ2v) is 7.41. The van der Waals surface area contributed by atoms with E-state index < -0.39 is 0 Å². The SMILES string of the molecule is O=C(CSCC1CNC1)N1CCCC2CCCCC21. The lowest BCUT2D eigenvalue weighted by Gasteiger charge is -2.44. The number of nitrogens with one attached hydrogen (secondary N) is 1. The Bertz CT molecular complexity index is 317. The zero-order valence-corrected chi connectivity index (χ0v) is 12.6. The van der Waals surface area contributed by atoms with Gasteiger partial charge in [0.2, 0.25) is 5.91 Å². The van der Waals surface area contributed by atoms with E-state index in [1.165, 1.54) is 38.5 Å². The first-order chi connectivity index (χ1) is 9.34. The molecule has 0 bridgehead atoms. The van der Waals surface area contributed by atoms with Crippen molar-refractivity contribution in [3.05, 3.63) is 0 Å². The molecule has 0 radical (unpaired) electrons. The van der Waals surface area contributed by atoms with Gasteiger partial charge < -0.3 is 10.2 Å². The average molecular weight is 282 g/mol. The van der Waals surface area contributed by atoms with Gasteiger partial charge in [-0.1, -0.05) is 12.8 Å². The summed E-state index contributed by atoms with van der Waals surface area (Å²) in [4.78, 5) is 14.7. The zero-order chi connectivity index (χ0) is 13.1. The fourth-order valence-corrected chi connectivity index (χ4v) is 4.82. The van der Waals surface area contributed by atoms with Crippen LogP contribution in [0.15, 0.2) is 0 Å². The Morgan fingerprint density at radius 3 is 2.74 bits per heavy atom. The Hall–Kier alpha value is -0.220. The second kappa shape index (κ2) is 6.49. The van der Waals surface area contributed by atoms with E-state index in [1.54, 1.807) is 0 Å². The molecule has 108 valence electrons. The first-order valence-electron chi connectivity index (χ1n) is 7.92. The Morgan fingerprint density at radius 2 is 1.95 bits per heavy atom. The molecular formula is C15H26N2OS. The molecule has 1 N–H and O–H groups in total. The summed E-state index contributed by atoms with van der Waals surface area (Å²) in [5, 5.41) is 3.29. The van der Waals surface area contributed by atoms with E-state index in [9.17, 15) is 4.79 Å². The standard InChI is InChI=1S/C15H26N2OS/c18-15(11-19-10-12-8-16-9-12)17-7-3-5-13-4-1-2-6-14(13)17/h12-14,16H,1-11H2. The Morgan fingerprint density at radius 1 is 1.16 bits per heavy atom. The molecule has 3 nitrogen and oxygen atoms in total. The van der Waals surface area contributed by atoms with Crippen LogP contribution in [0.3, 0.4) is 0 Å². The quantitative estimate of drug-likeness (QED) is 0.857. The zero-order valence-electron chi connectivity index (χ0n) is 11.8. The molecule has 4 heteroatoms. The number of likely N-dealkylation sites (tertiary alicyclic amines) is 1. The molecule has 2 aliphatic heterocycles. The van der Waals surface area contributed by atoms with Crippen LogP contribution >= 0.6 is 11.8 Å². The molecule has 1 aliphatic carbocycles. The van der Waals surface area contributed by atoms with E-state index in [-0.39, 0.29) is 0 Å². The maximum absolute atomic E-state index is 12.4. The highest BCUT2D eigenvalue weighted by Crippen LogP contribution is 2.35. The summed E-state index contributed by atoms with van der Waals surface area (Å²) >= 11 is 1.85. The van der Waals surface area contributed by atoms with Crippen LogP contribution in [0.1, 0.15) is 38.5 Å². The van der Waals surface area contributed by atoms with E-state index in [0.717, 1.165) is 37.2 Å². The summed E-state index contributed by atoms with van der Waals surface area (Å²) in [5.41, 5.74) is 0. The molecule has 3 rings (SSSR count). The summed E-state index contributed by atoms with van der Waals surface area (Å²) < 4.78 is 0. The van der Waals surface area contributed by atoms with E-state index in [2.05, 4.69) is 10.2 Å². The van der Waals surface area contributed by atoms with Crippen LogP contribution in [0.2, 0.25) is 0 Å². The second-order valence-electron chi connectivity index (χ2n) is 6.38. The van der Waals surface area contributed by atoms with E-state index in [1.807, 2.05) is 11.8 Å². The third-order valence-electron chi connectivity index (χ3n) is 5.01. The Balaban J connectivity index is 1.46. The molecule has 0 spiro atoms. The van der Waals surface area contributed by atoms with Gasteiger partial charge in [0.15, 0.2) is 0 Å². The van der Waals surface area contributed by atoms with Gasteiger partial charge in [-0.15, -0.1) is 0 Å². The van der Waals surface area contributed by atoms with Gasteiger partial charge >= 0.3 is 0 Å². The summed E-state index contributed by atoms with van der Waals surface area (Å²) in [7, 11) is 0. The fraction of sp³-hybridized carbons (Fsp3) is 0.933. The van der Waals surface area contributed by atoms with Crippen molar-refractivity contribution >= 4 is 17.7 Å². The van der Waals surface area contributed by atoms with Crippen molar-refractivity contribution in [3.63, 3.8) is 0 Å². The first kappa shape index (κ1) is 13.7. The largest absolute Gasteiger partial charge is 0.339 e. The lowest BCUT2D eigenvalue weighted by molar-refractivity contribution is -0.134. The van der Waals surface area contributed by atoms with Crippen molar-refractivity contribution in [2.24, 2.45) is 11.8 Å². The smallest absolute Gasteiger partial charge is 0.232 e. The van der Waals surface area contributed by atoms with Crippen molar-refractivity contribution in [1.29, 1.82) is 0 Å². The number of piperidine rings is 1. The third kappa shape index (κ3) is 3.27. The lowest BCUT2D eigenvalue weighted by atomic mass is 9.78. The molecule has 2 unspecified atom stereocenters. The number of carbonyl (C=O) groups excluding carboxylic acids is 1. The van der Waals surface area contributed by atoms with Gasteiger partial charge in [0.1, 0.15) is 0 Å². The highest BCUT2D eigenvalue weighted by molar-refractivity contribution is 7.99. The van der Waals surface area contributed by atoms with Gasteiger partial charge in [0.25, 0.3) is 0 Å². The number of fused-ring (bicyclic) bond motifs is 1. The highest BCUT2D eigenvalue weighted by atomic mass is 32.2. The average Bonchev–Trinajstić information content (AvgIpc) is 2.40. The number of thioether (sulfide) groups is 1. The normalized spacial score (nSPS) is 31.7. The maximum Gasteiger partial charge on any atom is 0.232 e. The molecule has 0 aromatic carbocycles. The molecule has 19 heavy (non-hydrogen) atoms. The minimum Gasteiger partial charge on any atom is -0.339 e. The molecular weight excluding hydrogens is 256 g/mol. The van der Waals surface area contributed by atoms with Gasteiger partial charge in [-0.3, -0.25) is 4.79 Å². The molecule has 3 aliphatic rings. The van der Waals surface area contributed by atoms with Crippen LogP contribution < -0.4 is 5.32 Å². The van der Waals surface area contributed by atoms with Gasteiger partial charge in [0.05, 0.1) is 5.75 Å². The molecule has 0 aromatic heterocycles. The monoisotopic (exact) mass is 282 g/mol.